The van der Waals surface area contributed by atoms with Gasteiger partial charge in [-0.25, -0.2) is 9.59 Å². The molecule has 1 heterocycles. The highest BCUT2D eigenvalue weighted by molar-refractivity contribution is 6.01. The Morgan fingerprint density at radius 1 is 0.884 bits per heavy atom. The highest BCUT2D eigenvalue weighted by Crippen LogP contribution is 2.27. The fraction of sp³-hybridized carbons (Fsp3) is 0.312. The van der Waals surface area contributed by atoms with Crippen LogP contribution in [-0.4, -0.2) is 60.7 Å². The molecule has 5 N–H and O–H groups in total. The van der Waals surface area contributed by atoms with Crippen molar-refractivity contribution in [2.45, 2.75) is 32.6 Å². The Morgan fingerprint density at radius 2 is 1.60 bits per heavy atom. The van der Waals surface area contributed by atoms with Gasteiger partial charge in [0.05, 0.1) is 25.6 Å². The van der Waals surface area contributed by atoms with Crippen LogP contribution in [0.2, 0.25) is 0 Å². The van der Waals surface area contributed by atoms with Gasteiger partial charge in [-0.3, -0.25) is 9.59 Å². The molecule has 4 rings (SSSR count). The molecular formula is C32H37N5O6. The van der Waals surface area contributed by atoms with E-state index in [1.165, 1.54) is 7.11 Å². The second-order valence-electron chi connectivity index (χ2n) is 10.6. The number of piperidine rings is 1. The number of hydrogen-bond donors (Lipinski definition) is 5. The molecule has 1 atom stereocenters. The number of likely N-dealkylation sites (tertiary alicyclic amines) is 1. The minimum atomic E-state index is -0.913. The van der Waals surface area contributed by atoms with Crippen LogP contribution in [0.3, 0.4) is 0 Å². The summed E-state index contributed by atoms with van der Waals surface area (Å²) in [4.78, 5) is 50.7. The van der Waals surface area contributed by atoms with Crippen LogP contribution in [0, 0.1) is 12.8 Å². The lowest BCUT2D eigenvalue weighted by molar-refractivity contribution is -0.136. The zero-order chi connectivity index (χ0) is 30.8. The first-order chi connectivity index (χ1) is 20.7. The molecular weight excluding hydrogens is 550 g/mol. The Bertz CT molecular complexity index is 1460. The number of carbonyl (C=O) groups is 4. The second-order valence-corrected chi connectivity index (χ2v) is 10.6. The van der Waals surface area contributed by atoms with Crippen molar-refractivity contribution in [1.82, 2.24) is 10.2 Å². The Labute approximate surface area is 250 Å². The van der Waals surface area contributed by atoms with Gasteiger partial charge in [-0.15, -0.1) is 0 Å². The number of urea groups is 2. The number of anilines is 3. The van der Waals surface area contributed by atoms with Crippen LogP contribution < -0.4 is 26.0 Å². The van der Waals surface area contributed by atoms with Gasteiger partial charge in [0, 0.05) is 31.0 Å². The largest absolute Gasteiger partial charge is 0.495 e. The fourth-order valence-corrected chi connectivity index (χ4v) is 4.98. The van der Waals surface area contributed by atoms with E-state index in [1.807, 2.05) is 36.1 Å². The number of carboxylic acid groups (broad SMARTS) is 1. The number of aryl methyl sites for hydroxylation is 1. The number of nitrogens with zero attached hydrogens (tertiary/aromatic N) is 1. The average molecular weight is 588 g/mol. The molecule has 11 heteroatoms. The predicted octanol–water partition coefficient (Wildman–Crippen LogP) is 4.88. The van der Waals surface area contributed by atoms with Crippen LogP contribution in [0.4, 0.5) is 26.7 Å². The summed E-state index contributed by atoms with van der Waals surface area (Å²) in [7, 11) is 1.51. The van der Waals surface area contributed by atoms with E-state index in [1.54, 1.807) is 42.5 Å². The molecule has 1 aliphatic rings. The fourth-order valence-electron chi connectivity index (χ4n) is 4.98. The van der Waals surface area contributed by atoms with Crippen LogP contribution in [-0.2, 0) is 22.4 Å². The number of rotatable bonds is 10. The second kappa shape index (κ2) is 14.7. The molecule has 43 heavy (non-hydrogen) atoms. The number of para-hydroxylation sites is 1. The van der Waals surface area contributed by atoms with E-state index >= 15 is 0 Å². The van der Waals surface area contributed by atoms with Crippen LogP contribution in [0.1, 0.15) is 29.5 Å². The first-order valence-corrected chi connectivity index (χ1v) is 14.1. The molecule has 0 spiro atoms. The van der Waals surface area contributed by atoms with Gasteiger partial charge >= 0.3 is 18.0 Å². The van der Waals surface area contributed by atoms with Gasteiger partial charge in [0.2, 0.25) is 5.91 Å². The van der Waals surface area contributed by atoms with Gasteiger partial charge in [0.1, 0.15) is 5.75 Å². The van der Waals surface area contributed by atoms with Gasteiger partial charge in [0.25, 0.3) is 0 Å². The van der Waals surface area contributed by atoms with E-state index in [-0.39, 0.29) is 30.7 Å². The number of carboxylic acids is 1. The molecule has 0 radical (unpaired) electrons. The van der Waals surface area contributed by atoms with Gasteiger partial charge in [-0.05, 0) is 72.7 Å². The molecule has 11 nitrogen and oxygen atoms in total. The number of ether oxygens (including phenoxy) is 1. The number of amides is 5. The monoisotopic (exact) mass is 587 g/mol. The number of benzene rings is 3. The number of methoxy groups -OCH3 is 1. The van der Waals surface area contributed by atoms with Crippen molar-refractivity contribution in [1.29, 1.82) is 0 Å². The third-order valence-electron chi connectivity index (χ3n) is 7.25. The van der Waals surface area contributed by atoms with Crippen LogP contribution in [0.5, 0.6) is 5.75 Å². The summed E-state index contributed by atoms with van der Waals surface area (Å²) in [6.45, 7) is 3.53. The zero-order valence-electron chi connectivity index (χ0n) is 24.3. The Morgan fingerprint density at radius 3 is 2.33 bits per heavy atom. The lowest BCUT2D eigenvalue weighted by Gasteiger charge is -2.33. The Balaban J connectivity index is 1.25. The quantitative estimate of drug-likeness (QED) is 0.228. The minimum absolute atomic E-state index is 0.0179. The first-order valence-electron chi connectivity index (χ1n) is 14.1. The van der Waals surface area contributed by atoms with Crippen molar-refractivity contribution in [2.75, 3.05) is 42.7 Å². The minimum Gasteiger partial charge on any atom is -0.495 e. The van der Waals surface area contributed by atoms with E-state index < -0.39 is 12.0 Å². The zero-order valence-corrected chi connectivity index (χ0v) is 24.3. The van der Waals surface area contributed by atoms with Gasteiger partial charge in [-0.1, -0.05) is 36.4 Å². The number of carbonyl (C=O) groups excluding carboxylic acids is 3. The highest BCUT2D eigenvalue weighted by Gasteiger charge is 2.24. The molecule has 0 aromatic heterocycles. The van der Waals surface area contributed by atoms with E-state index in [4.69, 9.17) is 9.84 Å². The van der Waals surface area contributed by atoms with E-state index in [0.29, 0.717) is 48.0 Å². The third kappa shape index (κ3) is 9.22. The topological polar surface area (TPSA) is 149 Å². The summed E-state index contributed by atoms with van der Waals surface area (Å²) < 4.78 is 5.49. The molecule has 226 valence electrons. The third-order valence-corrected chi connectivity index (χ3v) is 7.25. The number of aliphatic carboxylic acids is 1. The highest BCUT2D eigenvalue weighted by atomic mass is 16.5. The van der Waals surface area contributed by atoms with Gasteiger partial charge in [-0.2, -0.15) is 0 Å². The van der Waals surface area contributed by atoms with Crippen molar-refractivity contribution in [3.05, 3.63) is 83.4 Å². The standard InChI is InChI=1S/C32H37N5O6/c1-21-6-3-4-8-26(21)35-32(42)36-27-14-11-23(16-28(27)43-2)17-29(38)37-15-5-7-24(20-37)19-33-31(41)34-25-12-9-22(10-13-25)18-30(39)40/h3-4,6,8-14,16,24H,5,7,15,17-20H2,1-2H3,(H,39,40)(H2,33,34,41)(H2,35,36,42). The summed E-state index contributed by atoms with van der Waals surface area (Å²) in [5.74, 6) is -0.359. The van der Waals surface area contributed by atoms with Crippen molar-refractivity contribution in [2.24, 2.45) is 5.92 Å². The average Bonchev–Trinajstić information content (AvgIpc) is 2.99. The summed E-state index contributed by atoms with van der Waals surface area (Å²) in [6.07, 6.45) is 1.84. The van der Waals surface area contributed by atoms with Gasteiger partial charge < -0.3 is 36.0 Å². The molecule has 0 saturated carbocycles. The van der Waals surface area contributed by atoms with E-state index in [0.717, 1.165) is 24.0 Å². The molecule has 1 aliphatic heterocycles. The summed E-state index contributed by atoms with van der Waals surface area (Å²) >= 11 is 0. The molecule has 1 fully saturated rings. The molecule has 1 unspecified atom stereocenters. The SMILES string of the molecule is COc1cc(CC(=O)N2CCCC(CNC(=O)Nc3ccc(CC(=O)O)cc3)C2)ccc1NC(=O)Nc1ccccc1C. The van der Waals surface area contributed by atoms with E-state index in [2.05, 4.69) is 21.3 Å². The summed E-state index contributed by atoms with van der Waals surface area (Å²) in [5.41, 5.74) is 4.12. The molecule has 0 bridgehead atoms. The molecule has 5 amide bonds. The number of hydrogen-bond acceptors (Lipinski definition) is 5. The Kier molecular flexibility index (Phi) is 10.6. The van der Waals surface area contributed by atoms with Crippen molar-refractivity contribution in [3.8, 4) is 5.75 Å². The van der Waals surface area contributed by atoms with Crippen molar-refractivity contribution >= 4 is 41.0 Å². The maximum absolute atomic E-state index is 13.2. The molecule has 3 aromatic carbocycles. The van der Waals surface area contributed by atoms with Crippen LogP contribution in [0.15, 0.2) is 66.7 Å². The van der Waals surface area contributed by atoms with E-state index in [9.17, 15) is 19.2 Å². The van der Waals surface area contributed by atoms with Crippen LogP contribution >= 0.6 is 0 Å². The van der Waals surface area contributed by atoms with Crippen molar-refractivity contribution < 1.29 is 29.0 Å². The molecule has 3 aromatic rings. The lowest BCUT2D eigenvalue weighted by Crippen LogP contribution is -2.44. The lowest BCUT2D eigenvalue weighted by atomic mass is 9.97. The molecule has 0 aliphatic carbocycles. The first kappa shape index (κ1) is 30.9. The van der Waals surface area contributed by atoms with Gasteiger partial charge in [0.15, 0.2) is 0 Å². The van der Waals surface area contributed by atoms with Crippen molar-refractivity contribution in [3.63, 3.8) is 0 Å². The molecule has 1 saturated heterocycles. The van der Waals surface area contributed by atoms with Crippen LogP contribution in [0.25, 0.3) is 0 Å². The normalized spacial score (nSPS) is 14.4. The maximum atomic E-state index is 13.2. The smallest absolute Gasteiger partial charge is 0.323 e. The Hall–Kier alpha value is -5.06. The predicted molar refractivity (Wildman–Crippen MR) is 165 cm³/mol. The number of nitrogens with one attached hydrogen (secondary N) is 4. The summed E-state index contributed by atoms with van der Waals surface area (Å²) in [6, 6.07) is 18.7. The maximum Gasteiger partial charge on any atom is 0.323 e. The summed E-state index contributed by atoms with van der Waals surface area (Å²) in [5, 5.41) is 20.1.